The summed E-state index contributed by atoms with van der Waals surface area (Å²) >= 11 is 0. The zero-order valence-electron chi connectivity index (χ0n) is 29.3. The van der Waals surface area contributed by atoms with E-state index < -0.39 is 0 Å². The van der Waals surface area contributed by atoms with Crippen LogP contribution in [0.25, 0.3) is 89.4 Å². The minimum absolute atomic E-state index is 0.478. The minimum atomic E-state index is 0.478. The monoisotopic (exact) mass is 681 g/mol. The van der Waals surface area contributed by atoms with Gasteiger partial charge in [-0.25, -0.2) is 15.0 Å². The Morgan fingerprint density at radius 3 is 1.81 bits per heavy atom. The molecule has 0 bridgehead atoms. The summed E-state index contributed by atoms with van der Waals surface area (Å²) in [5, 5.41) is 3.65. The lowest BCUT2D eigenvalue weighted by atomic mass is 9.97. The molecule has 3 aromatic heterocycles. The molecule has 5 nitrogen and oxygen atoms in total. The summed E-state index contributed by atoms with van der Waals surface area (Å²) in [6.07, 6.45) is 9.99. The SMILES string of the molecule is CC1C=CC=C(n2ccc3c2c(-c2ccccc2)cc2c4ccccc4n(-c4cccc(-c5nc(-c6ccccc6)nc(-c6ccccc6)n5)c4)c23)C1. The summed E-state index contributed by atoms with van der Waals surface area (Å²) in [4.78, 5) is 15.0. The molecule has 0 radical (unpaired) electrons. The van der Waals surface area contributed by atoms with Crippen LogP contribution in [0.5, 0.6) is 0 Å². The van der Waals surface area contributed by atoms with Gasteiger partial charge in [-0.15, -0.1) is 0 Å². The molecule has 3 heterocycles. The summed E-state index contributed by atoms with van der Waals surface area (Å²) in [6.45, 7) is 2.29. The molecule has 1 aliphatic carbocycles. The molecule has 0 amide bonds. The van der Waals surface area contributed by atoms with Gasteiger partial charge < -0.3 is 9.13 Å². The molecule has 9 aromatic rings. The Balaban J connectivity index is 1.23. The first kappa shape index (κ1) is 30.9. The van der Waals surface area contributed by atoms with Crippen molar-refractivity contribution in [1.82, 2.24) is 24.1 Å². The van der Waals surface area contributed by atoms with E-state index in [1.54, 1.807) is 0 Å². The van der Waals surface area contributed by atoms with Crippen LogP contribution in [0, 0.1) is 5.92 Å². The van der Waals surface area contributed by atoms with Crippen molar-refractivity contribution in [1.29, 1.82) is 0 Å². The summed E-state index contributed by atoms with van der Waals surface area (Å²) in [7, 11) is 0. The standard InChI is InChI=1S/C48H35N5/c1-32-15-13-23-37(29-32)52-28-27-40-44(52)41(33-16-5-2-6-17-33)31-42-39-25-11-12-26-43(39)53(45(40)42)38-24-14-22-36(30-38)48-50-46(34-18-7-3-8-19-34)49-47(51-48)35-20-9-4-10-21-35/h2-28,30-32H,29H2,1H3. The molecule has 53 heavy (non-hydrogen) atoms. The smallest absolute Gasteiger partial charge is 0.164 e. The van der Waals surface area contributed by atoms with Gasteiger partial charge in [0.1, 0.15) is 0 Å². The number of hydrogen-bond donors (Lipinski definition) is 0. The van der Waals surface area contributed by atoms with Gasteiger partial charge in [-0.3, -0.25) is 0 Å². The summed E-state index contributed by atoms with van der Waals surface area (Å²) in [5.74, 6) is 2.41. The molecular formula is C48H35N5. The maximum absolute atomic E-state index is 5.06. The molecule has 10 rings (SSSR count). The second-order valence-corrected chi connectivity index (χ2v) is 13.8. The Labute approximate surface area is 307 Å². The van der Waals surface area contributed by atoms with E-state index in [9.17, 15) is 0 Å². The average Bonchev–Trinajstić information content (AvgIpc) is 3.82. The lowest BCUT2D eigenvalue weighted by Gasteiger charge is -2.19. The quantitative estimate of drug-likeness (QED) is 0.175. The second-order valence-electron chi connectivity index (χ2n) is 13.8. The van der Waals surface area contributed by atoms with Crippen molar-refractivity contribution in [2.24, 2.45) is 5.92 Å². The fourth-order valence-corrected chi connectivity index (χ4v) is 7.86. The zero-order chi connectivity index (χ0) is 35.3. The van der Waals surface area contributed by atoms with Gasteiger partial charge >= 0.3 is 0 Å². The first-order valence-corrected chi connectivity index (χ1v) is 18.2. The van der Waals surface area contributed by atoms with Crippen molar-refractivity contribution >= 4 is 38.4 Å². The fraction of sp³-hybridized carbons (Fsp3) is 0.0625. The molecule has 1 unspecified atom stereocenters. The van der Waals surface area contributed by atoms with Crippen LogP contribution in [-0.4, -0.2) is 24.1 Å². The van der Waals surface area contributed by atoms with Crippen molar-refractivity contribution in [3.63, 3.8) is 0 Å². The Morgan fingerprint density at radius 1 is 0.528 bits per heavy atom. The first-order valence-electron chi connectivity index (χ1n) is 18.2. The van der Waals surface area contributed by atoms with E-state index in [0.29, 0.717) is 23.4 Å². The molecule has 0 fully saturated rings. The number of nitrogens with zero attached hydrogens (tertiary/aromatic N) is 5. The zero-order valence-corrected chi connectivity index (χ0v) is 29.3. The topological polar surface area (TPSA) is 48.5 Å². The molecule has 0 saturated carbocycles. The molecule has 5 heteroatoms. The number of allylic oxidation sites excluding steroid dienone is 4. The van der Waals surface area contributed by atoms with Gasteiger partial charge in [0, 0.05) is 56.0 Å². The van der Waals surface area contributed by atoms with E-state index in [2.05, 4.69) is 131 Å². The third-order valence-electron chi connectivity index (χ3n) is 10.3. The van der Waals surface area contributed by atoms with Crippen LogP contribution < -0.4 is 0 Å². The number of fused-ring (bicyclic) bond motifs is 5. The largest absolute Gasteiger partial charge is 0.320 e. The van der Waals surface area contributed by atoms with Crippen molar-refractivity contribution in [2.45, 2.75) is 13.3 Å². The van der Waals surface area contributed by atoms with Gasteiger partial charge in [0.15, 0.2) is 17.5 Å². The Kier molecular flexibility index (Phi) is 7.43. The lowest BCUT2D eigenvalue weighted by Crippen LogP contribution is -2.04. The summed E-state index contributed by atoms with van der Waals surface area (Å²) < 4.78 is 4.83. The van der Waals surface area contributed by atoms with E-state index in [-0.39, 0.29) is 0 Å². The van der Waals surface area contributed by atoms with E-state index in [1.807, 2.05) is 60.7 Å². The molecule has 6 aromatic carbocycles. The highest BCUT2D eigenvalue weighted by molar-refractivity contribution is 6.22. The van der Waals surface area contributed by atoms with Gasteiger partial charge in [0.2, 0.25) is 0 Å². The molecule has 0 N–H and O–H groups in total. The molecule has 0 saturated heterocycles. The Hall–Kier alpha value is -6.85. The van der Waals surface area contributed by atoms with Crippen molar-refractivity contribution < 1.29 is 0 Å². The maximum Gasteiger partial charge on any atom is 0.164 e. The lowest BCUT2D eigenvalue weighted by molar-refractivity contribution is 0.727. The molecule has 1 aliphatic rings. The molecular weight excluding hydrogens is 647 g/mol. The van der Waals surface area contributed by atoms with Crippen LogP contribution >= 0.6 is 0 Å². The highest BCUT2D eigenvalue weighted by Crippen LogP contribution is 2.43. The number of aromatic nitrogens is 5. The summed E-state index contributed by atoms with van der Waals surface area (Å²) in [6, 6.07) is 53.1. The van der Waals surface area contributed by atoms with Crippen molar-refractivity contribution in [3.05, 3.63) is 176 Å². The number of benzene rings is 6. The third kappa shape index (κ3) is 5.37. The predicted octanol–water partition coefficient (Wildman–Crippen LogP) is 12.0. The van der Waals surface area contributed by atoms with Crippen LogP contribution in [0.3, 0.4) is 0 Å². The summed E-state index contributed by atoms with van der Waals surface area (Å²) in [5.41, 5.74) is 11.2. The van der Waals surface area contributed by atoms with Crippen LogP contribution in [0.1, 0.15) is 13.3 Å². The van der Waals surface area contributed by atoms with Crippen LogP contribution in [0.4, 0.5) is 0 Å². The minimum Gasteiger partial charge on any atom is -0.320 e. The highest BCUT2D eigenvalue weighted by atomic mass is 15.0. The van der Waals surface area contributed by atoms with Gasteiger partial charge in [-0.1, -0.05) is 140 Å². The van der Waals surface area contributed by atoms with E-state index in [4.69, 9.17) is 15.0 Å². The fourth-order valence-electron chi connectivity index (χ4n) is 7.86. The normalized spacial score (nSPS) is 14.3. The Morgan fingerprint density at radius 2 is 1.13 bits per heavy atom. The van der Waals surface area contributed by atoms with Gasteiger partial charge in [-0.2, -0.15) is 0 Å². The van der Waals surface area contributed by atoms with E-state index in [1.165, 1.54) is 44.0 Å². The van der Waals surface area contributed by atoms with Gasteiger partial charge in [0.05, 0.1) is 16.6 Å². The third-order valence-corrected chi connectivity index (χ3v) is 10.3. The van der Waals surface area contributed by atoms with E-state index in [0.717, 1.165) is 34.3 Å². The molecule has 252 valence electrons. The first-order chi connectivity index (χ1) is 26.2. The number of hydrogen-bond acceptors (Lipinski definition) is 3. The van der Waals surface area contributed by atoms with Crippen molar-refractivity contribution in [3.8, 4) is 51.0 Å². The van der Waals surface area contributed by atoms with Crippen LogP contribution in [0.15, 0.2) is 176 Å². The highest BCUT2D eigenvalue weighted by Gasteiger charge is 2.22. The number of rotatable bonds is 6. The van der Waals surface area contributed by atoms with Crippen molar-refractivity contribution in [2.75, 3.05) is 0 Å². The van der Waals surface area contributed by atoms with Crippen LogP contribution in [0.2, 0.25) is 0 Å². The Bertz CT molecular complexity index is 2800. The average molecular weight is 682 g/mol. The molecule has 0 aliphatic heterocycles. The van der Waals surface area contributed by atoms with Gasteiger partial charge in [-0.05, 0) is 54.3 Å². The number of para-hydroxylation sites is 1. The van der Waals surface area contributed by atoms with E-state index >= 15 is 0 Å². The van der Waals surface area contributed by atoms with Gasteiger partial charge in [0.25, 0.3) is 0 Å². The second kappa shape index (κ2) is 12.7. The molecule has 1 atom stereocenters. The maximum atomic E-state index is 5.06. The molecule has 0 spiro atoms. The predicted molar refractivity (Wildman–Crippen MR) is 219 cm³/mol. The van der Waals surface area contributed by atoms with Crippen LogP contribution in [-0.2, 0) is 0 Å².